The summed E-state index contributed by atoms with van der Waals surface area (Å²) in [5, 5.41) is 4.05. The highest BCUT2D eigenvalue weighted by atomic mass is 16.5. The van der Waals surface area contributed by atoms with Crippen LogP contribution in [-0.2, 0) is 12.8 Å². The van der Waals surface area contributed by atoms with Crippen molar-refractivity contribution in [1.29, 1.82) is 0 Å². The minimum Gasteiger partial charge on any atom is -0.496 e. The number of benzene rings is 1. The van der Waals surface area contributed by atoms with E-state index >= 15 is 0 Å². The van der Waals surface area contributed by atoms with Crippen LogP contribution in [0.1, 0.15) is 31.5 Å². The second-order valence-electron chi connectivity index (χ2n) is 4.50. The molecule has 0 atom stereocenters. The molecule has 0 unspecified atom stereocenters. The maximum atomic E-state index is 5.91. The summed E-state index contributed by atoms with van der Waals surface area (Å²) in [5.41, 5.74) is 9.94. The van der Waals surface area contributed by atoms with Crippen molar-refractivity contribution in [2.75, 3.05) is 12.8 Å². The van der Waals surface area contributed by atoms with Gasteiger partial charge < -0.3 is 15.0 Å². The second-order valence-corrected chi connectivity index (χ2v) is 4.50. The van der Waals surface area contributed by atoms with E-state index in [9.17, 15) is 0 Å². The molecule has 2 N–H and O–H groups in total. The summed E-state index contributed by atoms with van der Waals surface area (Å²) in [6, 6.07) is 6.07. The van der Waals surface area contributed by atoms with Crippen LogP contribution >= 0.6 is 0 Å². The number of nitrogens with zero attached hydrogens (tertiary/aromatic N) is 1. The highest BCUT2D eigenvalue weighted by Gasteiger charge is 2.16. The molecular formula is C15H20N2O2. The van der Waals surface area contributed by atoms with Gasteiger partial charge in [0.1, 0.15) is 5.75 Å². The third-order valence-corrected chi connectivity index (χ3v) is 3.23. The normalized spacial score (nSPS) is 10.7. The molecule has 0 amide bonds. The summed E-state index contributed by atoms with van der Waals surface area (Å²) < 4.78 is 10.5. The molecule has 0 saturated heterocycles. The minimum absolute atomic E-state index is 0.385. The number of nitrogen functional groups attached to an aromatic ring is 1. The van der Waals surface area contributed by atoms with Crippen molar-refractivity contribution < 1.29 is 9.26 Å². The van der Waals surface area contributed by atoms with Crippen molar-refractivity contribution in [3.63, 3.8) is 0 Å². The number of aromatic nitrogens is 1. The lowest BCUT2D eigenvalue weighted by Gasteiger charge is -2.09. The van der Waals surface area contributed by atoms with Crippen molar-refractivity contribution in [2.45, 2.75) is 33.1 Å². The van der Waals surface area contributed by atoms with Crippen LogP contribution in [0.15, 0.2) is 22.7 Å². The number of aryl methyl sites for hydroxylation is 2. The summed E-state index contributed by atoms with van der Waals surface area (Å²) in [7, 11) is 1.68. The van der Waals surface area contributed by atoms with E-state index in [4.69, 9.17) is 15.0 Å². The first kappa shape index (κ1) is 13.5. The Labute approximate surface area is 113 Å². The number of nitrogens with two attached hydrogens (primary N) is 1. The molecular weight excluding hydrogens is 240 g/mol. The number of anilines is 1. The van der Waals surface area contributed by atoms with Gasteiger partial charge in [-0.05, 0) is 36.1 Å². The quantitative estimate of drug-likeness (QED) is 0.894. The SMILES string of the molecule is CCCc1noc(N)c1-c1ccc(OC)c(CC)c1. The van der Waals surface area contributed by atoms with Gasteiger partial charge in [-0.15, -0.1) is 0 Å². The molecule has 0 aliphatic carbocycles. The van der Waals surface area contributed by atoms with E-state index in [1.54, 1.807) is 7.11 Å². The van der Waals surface area contributed by atoms with Crippen molar-refractivity contribution in [1.82, 2.24) is 5.16 Å². The van der Waals surface area contributed by atoms with E-state index in [1.165, 1.54) is 0 Å². The Morgan fingerprint density at radius 1 is 1.32 bits per heavy atom. The van der Waals surface area contributed by atoms with Crippen molar-refractivity contribution in [3.05, 3.63) is 29.5 Å². The van der Waals surface area contributed by atoms with Crippen molar-refractivity contribution >= 4 is 5.88 Å². The molecule has 0 bridgehead atoms. The topological polar surface area (TPSA) is 61.3 Å². The minimum atomic E-state index is 0.385. The molecule has 2 aromatic rings. The van der Waals surface area contributed by atoms with Crippen LogP contribution in [-0.4, -0.2) is 12.3 Å². The van der Waals surface area contributed by atoms with Gasteiger partial charge in [0.15, 0.2) is 0 Å². The van der Waals surface area contributed by atoms with Gasteiger partial charge in [0, 0.05) is 0 Å². The summed E-state index contributed by atoms with van der Waals surface area (Å²) in [4.78, 5) is 0. The molecule has 0 saturated carbocycles. The van der Waals surface area contributed by atoms with E-state index in [2.05, 4.69) is 25.1 Å². The third kappa shape index (κ3) is 2.57. The van der Waals surface area contributed by atoms with Gasteiger partial charge in [-0.25, -0.2) is 0 Å². The van der Waals surface area contributed by atoms with Crippen LogP contribution in [0.25, 0.3) is 11.1 Å². The molecule has 4 heteroatoms. The summed E-state index contributed by atoms with van der Waals surface area (Å²) in [5.74, 6) is 1.29. The Balaban J connectivity index is 2.49. The second kappa shape index (κ2) is 5.78. The molecule has 1 heterocycles. The van der Waals surface area contributed by atoms with Gasteiger partial charge in [-0.2, -0.15) is 0 Å². The highest BCUT2D eigenvalue weighted by molar-refractivity contribution is 5.76. The van der Waals surface area contributed by atoms with Crippen LogP contribution < -0.4 is 10.5 Å². The van der Waals surface area contributed by atoms with Gasteiger partial charge in [-0.3, -0.25) is 0 Å². The fourth-order valence-electron chi connectivity index (χ4n) is 2.26. The summed E-state index contributed by atoms with van der Waals surface area (Å²) in [6.45, 7) is 4.21. The molecule has 1 aromatic heterocycles. The lowest BCUT2D eigenvalue weighted by molar-refractivity contribution is 0.410. The number of ether oxygens (including phenoxy) is 1. The van der Waals surface area contributed by atoms with E-state index in [1.807, 2.05) is 12.1 Å². The third-order valence-electron chi connectivity index (χ3n) is 3.23. The zero-order chi connectivity index (χ0) is 13.8. The molecule has 2 rings (SSSR count). The maximum absolute atomic E-state index is 5.91. The number of rotatable bonds is 5. The molecule has 102 valence electrons. The number of methoxy groups -OCH3 is 1. The largest absolute Gasteiger partial charge is 0.496 e. The van der Waals surface area contributed by atoms with Gasteiger partial charge in [0.2, 0.25) is 5.88 Å². The summed E-state index contributed by atoms with van der Waals surface area (Å²) >= 11 is 0. The lowest BCUT2D eigenvalue weighted by Crippen LogP contribution is -1.94. The zero-order valence-corrected chi connectivity index (χ0v) is 11.7. The number of hydrogen-bond donors (Lipinski definition) is 1. The Morgan fingerprint density at radius 3 is 2.74 bits per heavy atom. The number of hydrogen-bond acceptors (Lipinski definition) is 4. The molecule has 0 aliphatic heterocycles. The fraction of sp³-hybridized carbons (Fsp3) is 0.400. The first-order valence-corrected chi connectivity index (χ1v) is 6.62. The average Bonchev–Trinajstić information content (AvgIpc) is 2.79. The van der Waals surface area contributed by atoms with E-state index < -0.39 is 0 Å². The Morgan fingerprint density at radius 2 is 2.11 bits per heavy atom. The molecule has 0 fully saturated rings. The van der Waals surface area contributed by atoms with Crippen molar-refractivity contribution in [3.8, 4) is 16.9 Å². The first-order valence-electron chi connectivity index (χ1n) is 6.62. The van der Waals surface area contributed by atoms with Crippen LogP contribution in [0, 0.1) is 0 Å². The zero-order valence-electron chi connectivity index (χ0n) is 11.7. The monoisotopic (exact) mass is 260 g/mol. The van der Waals surface area contributed by atoms with Gasteiger partial charge in [0.05, 0.1) is 18.4 Å². The first-order chi connectivity index (χ1) is 9.21. The van der Waals surface area contributed by atoms with Gasteiger partial charge in [-0.1, -0.05) is 31.5 Å². The van der Waals surface area contributed by atoms with Crippen LogP contribution in [0.3, 0.4) is 0 Å². The van der Waals surface area contributed by atoms with E-state index in [-0.39, 0.29) is 0 Å². The predicted molar refractivity (Wildman–Crippen MR) is 76.3 cm³/mol. The highest BCUT2D eigenvalue weighted by Crippen LogP contribution is 2.33. The fourth-order valence-corrected chi connectivity index (χ4v) is 2.26. The van der Waals surface area contributed by atoms with Crippen LogP contribution in [0.4, 0.5) is 5.88 Å². The maximum Gasteiger partial charge on any atom is 0.230 e. The average molecular weight is 260 g/mol. The molecule has 19 heavy (non-hydrogen) atoms. The molecule has 4 nitrogen and oxygen atoms in total. The smallest absolute Gasteiger partial charge is 0.230 e. The Kier molecular flexibility index (Phi) is 4.10. The molecule has 1 aromatic carbocycles. The predicted octanol–water partition coefficient (Wildman–Crippen LogP) is 3.45. The van der Waals surface area contributed by atoms with Gasteiger partial charge >= 0.3 is 0 Å². The van der Waals surface area contributed by atoms with Crippen molar-refractivity contribution in [2.24, 2.45) is 0 Å². The molecule has 0 spiro atoms. The van der Waals surface area contributed by atoms with E-state index in [0.717, 1.165) is 47.4 Å². The Hall–Kier alpha value is -1.97. The standard InChI is InChI=1S/C15H20N2O2/c1-4-6-12-14(15(16)19-17-12)11-7-8-13(18-3)10(5-2)9-11/h7-9H,4-6,16H2,1-3H3. The van der Waals surface area contributed by atoms with Gasteiger partial charge in [0.25, 0.3) is 0 Å². The lowest BCUT2D eigenvalue weighted by atomic mass is 9.99. The Bertz CT molecular complexity index is 561. The molecule has 0 radical (unpaired) electrons. The van der Waals surface area contributed by atoms with Crippen LogP contribution in [0.5, 0.6) is 5.75 Å². The summed E-state index contributed by atoms with van der Waals surface area (Å²) in [6.07, 6.45) is 2.78. The van der Waals surface area contributed by atoms with Crippen LogP contribution in [0.2, 0.25) is 0 Å². The van der Waals surface area contributed by atoms with E-state index in [0.29, 0.717) is 5.88 Å². The molecule has 0 aliphatic rings.